The summed E-state index contributed by atoms with van der Waals surface area (Å²) in [6, 6.07) is 0.217. The summed E-state index contributed by atoms with van der Waals surface area (Å²) in [4.78, 5) is 26.0. The lowest BCUT2D eigenvalue weighted by Gasteiger charge is -2.31. The van der Waals surface area contributed by atoms with Crippen LogP contribution < -0.4 is 11.1 Å². The topological polar surface area (TPSA) is 75.4 Å². The number of carbonyl (C=O) groups is 2. The molecule has 1 heterocycles. The summed E-state index contributed by atoms with van der Waals surface area (Å²) in [6.07, 6.45) is 5.95. The van der Waals surface area contributed by atoms with Crippen molar-refractivity contribution in [3.8, 4) is 0 Å². The highest BCUT2D eigenvalue weighted by Gasteiger charge is 2.29. The molecule has 3 N–H and O–H groups in total. The van der Waals surface area contributed by atoms with Crippen molar-refractivity contribution in [3.05, 3.63) is 0 Å². The van der Waals surface area contributed by atoms with Crippen LogP contribution in [0.1, 0.15) is 45.4 Å². The summed E-state index contributed by atoms with van der Waals surface area (Å²) in [5.41, 5.74) is 5.97. The van der Waals surface area contributed by atoms with E-state index in [1.807, 2.05) is 4.90 Å². The van der Waals surface area contributed by atoms with E-state index in [0.717, 1.165) is 45.2 Å². The zero-order valence-corrected chi connectivity index (χ0v) is 12.4. The van der Waals surface area contributed by atoms with Gasteiger partial charge < -0.3 is 16.0 Å². The molecule has 1 aliphatic heterocycles. The average Bonchev–Trinajstić information content (AvgIpc) is 2.48. The van der Waals surface area contributed by atoms with Gasteiger partial charge in [0.05, 0.1) is 6.54 Å². The third-order valence-corrected chi connectivity index (χ3v) is 4.73. The minimum atomic E-state index is 0.0223. The second-order valence-electron chi connectivity index (χ2n) is 6.31. The van der Waals surface area contributed by atoms with Gasteiger partial charge in [-0.2, -0.15) is 0 Å². The maximum Gasteiger partial charge on any atom is 0.241 e. The van der Waals surface area contributed by atoms with Gasteiger partial charge in [-0.1, -0.05) is 6.92 Å². The van der Waals surface area contributed by atoms with Gasteiger partial charge in [0.2, 0.25) is 11.8 Å². The number of nitrogens with zero attached hydrogens (tertiary/aromatic N) is 1. The van der Waals surface area contributed by atoms with E-state index in [2.05, 4.69) is 12.2 Å². The Hall–Kier alpha value is -1.10. The summed E-state index contributed by atoms with van der Waals surface area (Å²) in [5.74, 6) is 0.490. The molecule has 2 aliphatic rings. The molecule has 3 atom stereocenters. The standard InChI is InChI=1S/C15H27N3O2/c1-11-9-12(5-6-13(11)16)15(20)17-10-14(19)18-7-3-2-4-8-18/h11-13H,2-10,16H2,1H3,(H,17,20). The number of nitrogens with two attached hydrogens (primary N) is 1. The Morgan fingerprint density at radius 2 is 1.90 bits per heavy atom. The number of piperidine rings is 1. The van der Waals surface area contributed by atoms with E-state index < -0.39 is 0 Å². The highest BCUT2D eigenvalue weighted by atomic mass is 16.2. The van der Waals surface area contributed by atoms with Gasteiger partial charge in [0.25, 0.3) is 0 Å². The summed E-state index contributed by atoms with van der Waals surface area (Å²) in [6.45, 7) is 3.92. The molecular formula is C15H27N3O2. The number of likely N-dealkylation sites (tertiary alicyclic amines) is 1. The molecule has 0 radical (unpaired) electrons. The number of hydrogen-bond donors (Lipinski definition) is 2. The Kier molecular flexibility index (Phi) is 5.40. The molecule has 20 heavy (non-hydrogen) atoms. The summed E-state index contributed by atoms with van der Waals surface area (Å²) < 4.78 is 0. The number of amides is 2. The van der Waals surface area contributed by atoms with Crippen LogP contribution >= 0.6 is 0 Å². The molecule has 1 aliphatic carbocycles. The van der Waals surface area contributed by atoms with Crippen molar-refractivity contribution in [1.29, 1.82) is 0 Å². The highest BCUT2D eigenvalue weighted by molar-refractivity contribution is 5.85. The van der Waals surface area contributed by atoms with Crippen LogP contribution in [-0.2, 0) is 9.59 Å². The van der Waals surface area contributed by atoms with E-state index in [0.29, 0.717) is 5.92 Å². The Labute approximate surface area is 121 Å². The molecule has 2 amide bonds. The largest absolute Gasteiger partial charge is 0.347 e. The number of hydrogen-bond acceptors (Lipinski definition) is 3. The molecular weight excluding hydrogens is 254 g/mol. The van der Waals surface area contributed by atoms with Crippen molar-refractivity contribution in [3.63, 3.8) is 0 Å². The summed E-state index contributed by atoms with van der Waals surface area (Å²) >= 11 is 0. The molecule has 1 saturated carbocycles. The van der Waals surface area contributed by atoms with Gasteiger partial charge in [-0.3, -0.25) is 9.59 Å². The van der Waals surface area contributed by atoms with Gasteiger partial charge in [0.15, 0.2) is 0 Å². The van der Waals surface area contributed by atoms with E-state index in [4.69, 9.17) is 5.73 Å². The van der Waals surface area contributed by atoms with Crippen molar-refractivity contribution in [2.75, 3.05) is 19.6 Å². The molecule has 0 aromatic carbocycles. The maximum absolute atomic E-state index is 12.1. The molecule has 5 heteroatoms. The van der Waals surface area contributed by atoms with Gasteiger partial charge in [0, 0.05) is 25.0 Å². The van der Waals surface area contributed by atoms with Crippen molar-refractivity contribution < 1.29 is 9.59 Å². The maximum atomic E-state index is 12.1. The van der Waals surface area contributed by atoms with Crippen LogP contribution in [0.3, 0.4) is 0 Å². The van der Waals surface area contributed by atoms with E-state index in [-0.39, 0.29) is 30.3 Å². The number of carbonyl (C=O) groups excluding carboxylic acids is 2. The third-order valence-electron chi connectivity index (χ3n) is 4.73. The summed E-state index contributed by atoms with van der Waals surface area (Å²) in [7, 11) is 0. The fraction of sp³-hybridized carbons (Fsp3) is 0.867. The molecule has 5 nitrogen and oxygen atoms in total. The predicted molar refractivity (Wildman–Crippen MR) is 77.9 cm³/mol. The van der Waals surface area contributed by atoms with Crippen LogP contribution in [-0.4, -0.2) is 42.4 Å². The van der Waals surface area contributed by atoms with Gasteiger partial charge >= 0.3 is 0 Å². The Morgan fingerprint density at radius 1 is 1.20 bits per heavy atom. The second-order valence-corrected chi connectivity index (χ2v) is 6.31. The molecule has 114 valence electrons. The van der Waals surface area contributed by atoms with Crippen LogP contribution in [0.4, 0.5) is 0 Å². The zero-order valence-electron chi connectivity index (χ0n) is 12.4. The molecule has 0 bridgehead atoms. The smallest absolute Gasteiger partial charge is 0.241 e. The fourth-order valence-electron chi connectivity index (χ4n) is 3.22. The lowest BCUT2D eigenvalue weighted by Crippen LogP contribution is -2.45. The van der Waals surface area contributed by atoms with Crippen molar-refractivity contribution in [2.24, 2.45) is 17.6 Å². The van der Waals surface area contributed by atoms with E-state index >= 15 is 0 Å². The first-order valence-corrected chi connectivity index (χ1v) is 7.89. The van der Waals surface area contributed by atoms with Crippen molar-refractivity contribution in [2.45, 2.75) is 51.5 Å². The monoisotopic (exact) mass is 281 g/mol. The fourth-order valence-corrected chi connectivity index (χ4v) is 3.22. The molecule has 3 unspecified atom stereocenters. The molecule has 0 spiro atoms. The first-order chi connectivity index (χ1) is 9.58. The Bertz CT molecular complexity index is 353. The molecule has 2 rings (SSSR count). The van der Waals surface area contributed by atoms with Crippen LogP contribution in [0.15, 0.2) is 0 Å². The molecule has 1 saturated heterocycles. The number of rotatable bonds is 3. The molecule has 2 fully saturated rings. The van der Waals surface area contributed by atoms with E-state index in [1.165, 1.54) is 6.42 Å². The first kappa shape index (κ1) is 15.3. The first-order valence-electron chi connectivity index (χ1n) is 7.89. The summed E-state index contributed by atoms with van der Waals surface area (Å²) in [5, 5.41) is 2.81. The SMILES string of the molecule is CC1CC(C(=O)NCC(=O)N2CCCCC2)CCC1N. The Morgan fingerprint density at radius 3 is 2.55 bits per heavy atom. The number of nitrogens with one attached hydrogen (secondary N) is 1. The van der Waals surface area contributed by atoms with E-state index in [9.17, 15) is 9.59 Å². The van der Waals surface area contributed by atoms with Gasteiger partial charge in [-0.15, -0.1) is 0 Å². The zero-order chi connectivity index (χ0) is 14.5. The van der Waals surface area contributed by atoms with Gasteiger partial charge in [-0.25, -0.2) is 0 Å². The van der Waals surface area contributed by atoms with Crippen molar-refractivity contribution >= 4 is 11.8 Å². The minimum absolute atomic E-state index is 0.0223. The lowest BCUT2D eigenvalue weighted by molar-refractivity contribution is -0.135. The minimum Gasteiger partial charge on any atom is -0.347 e. The Balaban J connectivity index is 1.73. The third kappa shape index (κ3) is 3.95. The van der Waals surface area contributed by atoms with Crippen LogP contribution in [0.2, 0.25) is 0 Å². The van der Waals surface area contributed by atoms with Gasteiger partial charge in [-0.05, 0) is 44.4 Å². The van der Waals surface area contributed by atoms with E-state index in [1.54, 1.807) is 0 Å². The molecule has 0 aromatic heterocycles. The average molecular weight is 281 g/mol. The van der Waals surface area contributed by atoms with Gasteiger partial charge in [0.1, 0.15) is 0 Å². The predicted octanol–water partition coefficient (Wildman–Crippen LogP) is 0.879. The van der Waals surface area contributed by atoms with Crippen LogP contribution in [0.5, 0.6) is 0 Å². The van der Waals surface area contributed by atoms with Crippen molar-refractivity contribution in [1.82, 2.24) is 10.2 Å². The lowest BCUT2D eigenvalue weighted by atomic mass is 9.79. The van der Waals surface area contributed by atoms with Crippen LogP contribution in [0.25, 0.3) is 0 Å². The second kappa shape index (κ2) is 7.07. The molecule has 0 aromatic rings. The van der Waals surface area contributed by atoms with Crippen LogP contribution in [0, 0.1) is 11.8 Å². The highest BCUT2D eigenvalue weighted by Crippen LogP contribution is 2.27. The normalized spacial score (nSPS) is 30.9. The quantitative estimate of drug-likeness (QED) is 0.806.